The summed E-state index contributed by atoms with van der Waals surface area (Å²) in [6, 6.07) is 16.9. The molecule has 2 unspecified atom stereocenters. The third kappa shape index (κ3) is 3.95. The highest BCUT2D eigenvalue weighted by molar-refractivity contribution is 5.94. The second-order valence-electron chi connectivity index (χ2n) is 6.32. The highest BCUT2D eigenvalue weighted by Gasteiger charge is 2.30. The molecule has 1 aliphatic rings. The Hall–Kier alpha value is -2.33. The van der Waals surface area contributed by atoms with Crippen LogP contribution in [0.2, 0.25) is 0 Å². The number of benzene rings is 2. The number of aliphatic hydroxyl groups is 1. The number of hydrogen-bond donors (Lipinski definition) is 1. The number of aliphatic hydroxyl groups excluding tert-OH is 1. The summed E-state index contributed by atoms with van der Waals surface area (Å²) < 4.78 is 5.75. The molecule has 3 rings (SSSR count). The van der Waals surface area contributed by atoms with Gasteiger partial charge in [-0.2, -0.15) is 0 Å². The number of hydrogen-bond acceptors (Lipinski definition) is 3. The van der Waals surface area contributed by atoms with Crippen molar-refractivity contribution in [2.75, 3.05) is 6.54 Å². The summed E-state index contributed by atoms with van der Waals surface area (Å²) in [6.07, 6.45) is 2.22. The quantitative estimate of drug-likeness (QED) is 0.908. The number of para-hydroxylation sites is 1. The van der Waals surface area contributed by atoms with E-state index in [1.54, 1.807) is 19.1 Å². The van der Waals surface area contributed by atoms with Gasteiger partial charge < -0.3 is 14.7 Å². The predicted molar refractivity (Wildman–Crippen MR) is 93.3 cm³/mol. The number of nitrogens with zero attached hydrogens (tertiary/aromatic N) is 1. The van der Waals surface area contributed by atoms with Gasteiger partial charge in [0.25, 0.3) is 5.91 Å². The number of ether oxygens (including phenoxy) is 1. The van der Waals surface area contributed by atoms with E-state index in [0.29, 0.717) is 17.7 Å². The van der Waals surface area contributed by atoms with Crippen molar-refractivity contribution >= 4 is 5.91 Å². The summed E-state index contributed by atoms with van der Waals surface area (Å²) in [6.45, 7) is 2.54. The van der Waals surface area contributed by atoms with Crippen molar-refractivity contribution in [1.29, 1.82) is 0 Å². The fraction of sp³-hybridized carbons (Fsp3) is 0.350. The normalized spacial score (nSPS) is 18.4. The lowest BCUT2D eigenvalue weighted by atomic mass is 10.1. The van der Waals surface area contributed by atoms with Crippen molar-refractivity contribution in [1.82, 2.24) is 4.90 Å². The molecule has 2 aromatic rings. The van der Waals surface area contributed by atoms with Crippen LogP contribution in [0.25, 0.3) is 0 Å². The molecule has 2 atom stereocenters. The molecule has 1 N–H and O–H groups in total. The lowest BCUT2D eigenvalue weighted by Crippen LogP contribution is -2.37. The number of carbonyl (C=O) groups excluding carboxylic acids is 1. The first-order valence-corrected chi connectivity index (χ1v) is 8.45. The van der Waals surface area contributed by atoms with Gasteiger partial charge in [-0.1, -0.05) is 18.2 Å². The van der Waals surface area contributed by atoms with E-state index in [9.17, 15) is 9.90 Å². The van der Waals surface area contributed by atoms with Crippen LogP contribution >= 0.6 is 0 Å². The Bertz CT molecular complexity index is 667. The van der Waals surface area contributed by atoms with Crippen LogP contribution in [0.3, 0.4) is 0 Å². The first kappa shape index (κ1) is 16.5. The zero-order valence-corrected chi connectivity index (χ0v) is 13.9. The van der Waals surface area contributed by atoms with Crippen LogP contribution in [-0.2, 0) is 0 Å². The third-order valence-electron chi connectivity index (χ3n) is 4.33. The smallest absolute Gasteiger partial charge is 0.254 e. The maximum Gasteiger partial charge on any atom is 0.254 e. The minimum Gasteiger partial charge on any atom is -0.457 e. The van der Waals surface area contributed by atoms with Gasteiger partial charge in [0.1, 0.15) is 11.5 Å². The van der Waals surface area contributed by atoms with E-state index in [1.165, 1.54) is 0 Å². The zero-order chi connectivity index (χ0) is 16.9. The van der Waals surface area contributed by atoms with Gasteiger partial charge in [-0.05, 0) is 62.6 Å². The largest absolute Gasteiger partial charge is 0.457 e. The van der Waals surface area contributed by atoms with Gasteiger partial charge in [0.15, 0.2) is 0 Å². The van der Waals surface area contributed by atoms with Crippen LogP contribution in [0.4, 0.5) is 0 Å². The van der Waals surface area contributed by atoms with Crippen LogP contribution < -0.4 is 4.74 Å². The Morgan fingerprint density at radius 1 is 1.17 bits per heavy atom. The van der Waals surface area contributed by atoms with E-state index < -0.39 is 0 Å². The maximum atomic E-state index is 12.7. The summed E-state index contributed by atoms with van der Waals surface area (Å²) in [4.78, 5) is 14.6. The van der Waals surface area contributed by atoms with Crippen molar-refractivity contribution in [2.45, 2.75) is 38.3 Å². The number of likely N-dealkylation sites (tertiary alicyclic amines) is 1. The van der Waals surface area contributed by atoms with Gasteiger partial charge in [0, 0.05) is 18.2 Å². The Balaban J connectivity index is 1.67. The molecule has 126 valence electrons. The Kier molecular flexibility index (Phi) is 5.16. The molecule has 1 amide bonds. The minimum absolute atomic E-state index is 0.0319. The van der Waals surface area contributed by atoms with Crippen molar-refractivity contribution in [2.24, 2.45) is 0 Å². The SMILES string of the molecule is CC(O)CC1CCCN1C(=O)c1ccc(Oc2ccccc2)cc1. The van der Waals surface area contributed by atoms with E-state index in [2.05, 4.69) is 0 Å². The summed E-state index contributed by atoms with van der Waals surface area (Å²) in [5.74, 6) is 1.51. The Morgan fingerprint density at radius 2 is 1.83 bits per heavy atom. The van der Waals surface area contributed by atoms with Gasteiger partial charge in [-0.3, -0.25) is 4.79 Å². The van der Waals surface area contributed by atoms with Crippen molar-refractivity contribution in [3.05, 3.63) is 60.2 Å². The van der Waals surface area contributed by atoms with Gasteiger partial charge in [-0.25, -0.2) is 0 Å². The second-order valence-corrected chi connectivity index (χ2v) is 6.32. The average molecular weight is 325 g/mol. The highest BCUT2D eigenvalue weighted by atomic mass is 16.5. The molecule has 0 aliphatic carbocycles. The Morgan fingerprint density at radius 3 is 2.50 bits per heavy atom. The van der Waals surface area contributed by atoms with Crippen molar-refractivity contribution < 1.29 is 14.6 Å². The molecular formula is C20H23NO3. The van der Waals surface area contributed by atoms with Crippen LogP contribution in [-0.4, -0.2) is 34.6 Å². The van der Waals surface area contributed by atoms with E-state index >= 15 is 0 Å². The molecule has 1 saturated heterocycles. The molecule has 0 aromatic heterocycles. The van der Waals surface area contributed by atoms with Crippen LogP contribution in [0, 0.1) is 0 Å². The monoisotopic (exact) mass is 325 g/mol. The van der Waals surface area contributed by atoms with Crippen molar-refractivity contribution in [3.63, 3.8) is 0 Å². The minimum atomic E-state index is -0.384. The molecule has 1 fully saturated rings. The summed E-state index contributed by atoms with van der Waals surface area (Å²) in [7, 11) is 0. The summed E-state index contributed by atoms with van der Waals surface area (Å²) >= 11 is 0. The standard InChI is InChI=1S/C20H23NO3/c1-15(22)14-17-6-5-13-21(17)20(23)16-9-11-19(12-10-16)24-18-7-3-2-4-8-18/h2-4,7-12,15,17,22H,5-6,13-14H2,1H3. The molecule has 1 heterocycles. The summed E-state index contributed by atoms with van der Waals surface area (Å²) in [5, 5.41) is 9.60. The molecule has 4 nitrogen and oxygen atoms in total. The molecule has 0 saturated carbocycles. The zero-order valence-electron chi connectivity index (χ0n) is 13.9. The molecule has 0 radical (unpaired) electrons. The molecule has 0 bridgehead atoms. The Labute approximate surface area is 142 Å². The molecule has 4 heteroatoms. The fourth-order valence-electron chi connectivity index (χ4n) is 3.20. The molecule has 24 heavy (non-hydrogen) atoms. The maximum absolute atomic E-state index is 12.7. The van der Waals surface area contributed by atoms with Crippen LogP contribution in [0.15, 0.2) is 54.6 Å². The first-order valence-electron chi connectivity index (χ1n) is 8.45. The van der Waals surface area contributed by atoms with Gasteiger partial charge >= 0.3 is 0 Å². The van der Waals surface area contributed by atoms with Gasteiger partial charge in [0.2, 0.25) is 0 Å². The lowest BCUT2D eigenvalue weighted by Gasteiger charge is -2.25. The second kappa shape index (κ2) is 7.49. The van der Waals surface area contributed by atoms with E-state index in [1.807, 2.05) is 47.4 Å². The topological polar surface area (TPSA) is 49.8 Å². The highest BCUT2D eigenvalue weighted by Crippen LogP contribution is 2.25. The van der Waals surface area contributed by atoms with E-state index in [0.717, 1.165) is 25.1 Å². The van der Waals surface area contributed by atoms with Crippen LogP contribution in [0.5, 0.6) is 11.5 Å². The molecule has 2 aromatic carbocycles. The summed E-state index contributed by atoms with van der Waals surface area (Å²) in [5.41, 5.74) is 0.660. The fourth-order valence-corrected chi connectivity index (χ4v) is 3.20. The average Bonchev–Trinajstić information content (AvgIpc) is 3.03. The lowest BCUT2D eigenvalue weighted by molar-refractivity contribution is 0.0682. The molecular weight excluding hydrogens is 302 g/mol. The van der Waals surface area contributed by atoms with Crippen molar-refractivity contribution in [3.8, 4) is 11.5 Å². The molecule has 1 aliphatic heterocycles. The number of carbonyl (C=O) groups is 1. The number of amides is 1. The number of rotatable bonds is 5. The van der Waals surface area contributed by atoms with E-state index in [4.69, 9.17) is 4.74 Å². The predicted octanol–water partition coefficient (Wildman–Crippen LogP) is 3.85. The first-order chi connectivity index (χ1) is 11.6. The van der Waals surface area contributed by atoms with Gasteiger partial charge in [0.05, 0.1) is 6.10 Å². The molecule has 0 spiro atoms. The van der Waals surface area contributed by atoms with Crippen LogP contribution in [0.1, 0.15) is 36.5 Å². The third-order valence-corrected chi connectivity index (χ3v) is 4.33. The van der Waals surface area contributed by atoms with Gasteiger partial charge in [-0.15, -0.1) is 0 Å². The van der Waals surface area contributed by atoms with E-state index in [-0.39, 0.29) is 18.1 Å².